The van der Waals surface area contributed by atoms with Crippen molar-refractivity contribution in [3.05, 3.63) is 120 Å². The Balaban J connectivity index is 1.39. The van der Waals surface area contributed by atoms with E-state index in [0.717, 1.165) is 37.8 Å². The number of para-hydroxylation sites is 1. The first kappa shape index (κ1) is 25.2. The molecule has 1 aromatic heterocycles. The van der Waals surface area contributed by atoms with Crippen LogP contribution < -0.4 is 4.74 Å². The van der Waals surface area contributed by atoms with Crippen LogP contribution >= 0.6 is 11.8 Å². The minimum Gasteiger partial charge on any atom is -0.477 e. The van der Waals surface area contributed by atoms with Crippen LogP contribution in [0.5, 0.6) is 11.5 Å². The Bertz CT molecular complexity index is 1590. The second kappa shape index (κ2) is 10.9. The Morgan fingerprint density at radius 2 is 1.47 bits per heavy atom. The summed E-state index contributed by atoms with van der Waals surface area (Å²) in [7, 11) is 3.42. The lowest BCUT2D eigenvalue weighted by Gasteiger charge is -2.12. The van der Waals surface area contributed by atoms with Gasteiger partial charge >= 0.3 is 5.97 Å². The van der Waals surface area contributed by atoms with Gasteiger partial charge in [-0.2, -0.15) is 0 Å². The number of hydrogen-bond acceptors (Lipinski definition) is 4. The van der Waals surface area contributed by atoms with Crippen molar-refractivity contribution in [2.24, 2.45) is 0 Å². The van der Waals surface area contributed by atoms with Gasteiger partial charge in [0.15, 0.2) is 0 Å². The fourth-order valence-corrected chi connectivity index (χ4v) is 5.03. The molecule has 7 heteroatoms. The second-order valence-electron chi connectivity index (χ2n) is 9.03. The molecule has 190 valence electrons. The van der Waals surface area contributed by atoms with Crippen molar-refractivity contribution in [3.8, 4) is 11.5 Å². The molecule has 0 aliphatic heterocycles. The SMILES string of the molecule is CN(C)C(=O)c1ccc(Cn2c(C(=O)O)cc3ccc(Sc4ccc(Oc5ccccc5)cc4)cc32)cc1. The number of amides is 1. The molecule has 0 radical (unpaired) electrons. The van der Waals surface area contributed by atoms with Crippen molar-refractivity contribution in [3.63, 3.8) is 0 Å². The number of fused-ring (bicyclic) bond motifs is 1. The molecule has 6 nitrogen and oxygen atoms in total. The topological polar surface area (TPSA) is 71.8 Å². The van der Waals surface area contributed by atoms with E-state index < -0.39 is 5.97 Å². The lowest BCUT2D eigenvalue weighted by atomic mass is 10.1. The van der Waals surface area contributed by atoms with E-state index in [0.29, 0.717) is 12.1 Å². The molecule has 5 rings (SSSR count). The first-order chi connectivity index (χ1) is 18.4. The highest BCUT2D eigenvalue weighted by molar-refractivity contribution is 7.99. The number of carboxylic acid groups (broad SMARTS) is 1. The number of carbonyl (C=O) groups excluding carboxylic acids is 1. The Labute approximate surface area is 225 Å². The van der Waals surface area contributed by atoms with Gasteiger partial charge < -0.3 is 19.3 Å². The van der Waals surface area contributed by atoms with Gasteiger partial charge in [0.2, 0.25) is 0 Å². The fraction of sp³-hybridized carbons (Fsp3) is 0.0968. The molecule has 5 aromatic rings. The molecule has 0 aliphatic carbocycles. The van der Waals surface area contributed by atoms with E-state index in [1.165, 1.54) is 4.90 Å². The molecular formula is C31H26N2O4S. The highest BCUT2D eigenvalue weighted by atomic mass is 32.2. The number of hydrogen-bond donors (Lipinski definition) is 1. The molecule has 0 fully saturated rings. The third-order valence-electron chi connectivity index (χ3n) is 6.08. The Kier molecular flexibility index (Phi) is 7.20. The Hall–Kier alpha value is -4.49. The summed E-state index contributed by atoms with van der Waals surface area (Å²) in [4.78, 5) is 27.8. The molecule has 0 saturated carbocycles. The van der Waals surface area contributed by atoms with Crippen LogP contribution in [0.15, 0.2) is 113 Å². The lowest BCUT2D eigenvalue weighted by molar-refractivity contribution is 0.0685. The second-order valence-corrected chi connectivity index (χ2v) is 10.2. The predicted molar refractivity (Wildman–Crippen MR) is 150 cm³/mol. The zero-order valence-corrected chi connectivity index (χ0v) is 21.8. The van der Waals surface area contributed by atoms with Crippen molar-refractivity contribution in [2.75, 3.05) is 14.1 Å². The molecule has 0 atom stereocenters. The van der Waals surface area contributed by atoms with Crippen LogP contribution in [-0.2, 0) is 6.54 Å². The molecule has 1 amide bonds. The summed E-state index contributed by atoms with van der Waals surface area (Å²) < 4.78 is 7.69. The van der Waals surface area contributed by atoms with Crippen molar-refractivity contribution in [2.45, 2.75) is 16.3 Å². The maximum atomic E-state index is 12.2. The number of rotatable bonds is 8. The number of benzene rings is 4. The van der Waals surface area contributed by atoms with Crippen LogP contribution in [0.25, 0.3) is 10.9 Å². The van der Waals surface area contributed by atoms with Gasteiger partial charge in [0.05, 0.1) is 5.52 Å². The maximum absolute atomic E-state index is 12.2. The van der Waals surface area contributed by atoms with Crippen molar-refractivity contribution in [1.82, 2.24) is 9.47 Å². The van der Waals surface area contributed by atoms with Gasteiger partial charge in [0.25, 0.3) is 5.91 Å². The van der Waals surface area contributed by atoms with Crippen LogP contribution in [0.1, 0.15) is 26.4 Å². The zero-order valence-electron chi connectivity index (χ0n) is 21.0. The molecule has 0 saturated heterocycles. The maximum Gasteiger partial charge on any atom is 0.352 e. The normalized spacial score (nSPS) is 10.9. The van der Waals surface area contributed by atoms with Crippen LogP contribution in [-0.4, -0.2) is 40.5 Å². The third-order valence-corrected chi connectivity index (χ3v) is 7.08. The number of aromatic nitrogens is 1. The smallest absolute Gasteiger partial charge is 0.352 e. The zero-order chi connectivity index (χ0) is 26.6. The van der Waals surface area contributed by atoms with Crippen LogP contribution in [0, 0.1) is 0 Å². The highest BCUT2D eigenvalue weighted by Crippen LogP contribution is 2.33. The molecule has 0 unspecified atom stereocenters. The van der Waals surface area contributed by atoms with Gasteiger partial charge in [-0.3, -0.25) is 4.79 Å². The van der Waals surface area contributed by atoms with E-state index in [9.17, 15) is 14.7 Å². The number of aromatic carboxylic acids is 1. The first-order valence-electron chi connectivity index (χ1n) is 12.1. The quantitative estimate of drug-likeness (QED) is 0.237. The van der Waals surface area contributed by atoms with Gasteiger partial charge in [0.1, 0.15) is 17.2 Å². The molecular weight excluding hydrogens is 496 g/mol. The van der Waals surface area contributed by atoms with E-state index in [4.69, 9.17) is 4.74 Å². The summed E-state index contributed by atoms with van der Waals surface area (Å²) in [6.45, 7) is 0.376. The highest BCUT2D eigenvalue weighted by Gasteiger charge is 2.16. The number of carboxylic acids is 1. The molecule has 4 aromatic carbocycles. The van der Waals surface area contributed by atoms with Crippen LogP contribution in [0.4, 0.5) is 0 Å². The van der Waals surface area contributed by atoms with E-state index >= 15 is 0 Å². The minimum atomic E-state index is -0.983. The summed E-state index contributed by atoms with van der Waals surface area (Å²) in [5.74, 6) is 0.487. The van der Waals surface area contributed by atoms with E-state index in [-0.39, 0.29) is 11.6 Å². The average molecular weight is 523 g/mol. The van der Waals surface area contributed by atoms with Gasteiger partial charge in [-0.05, 0) is 72.3 Å². The van der Waals surface area contributed by atoms with Gasteiger partial charge in [-0.1, -0.05) is 48.2 Å². The predicted octanol–water partition coefficient (Wildman–Crippen LogP) is 7.03. The summed E-state index contributed by atoms with van der Waals surface area (Å²) in [6, 6.07) is 32.5. The molecule has 0 aliphatic rings. The van der Waals surface area contributed by atoms with Gasteiger partial charge in [-0.25, -0.2) is 4.79 Å². The summed E-state index contributed by atoms with van der Waals surface area (Å²) in [6.07, 6.45) is 0. The van der Waals surface area contributed by atoms with E-state index in [1.807, 2.05) is 84.9 Å². The molecule has 38 heavy (non-hydrogen) atoms. The molecule has 1 heterocycles. The molecule has 0 spiro atoms. The number of ether oxygens (including phenoxy) is 1. The minimum absolute atomic E-state index is 0.0736. The fourth-order valence-electron chi connectivity index (χ4n) is 4.18. The first-order valence-corrected chi connectivity index (χ1v) is 12.9. The monoisotopic (exact) mass is 522 g/mol. The average Bonchev–Trinajstić information content (AvgIpc) is 3.28. The van der Waals surface area contributed by atoms with E-state index in [2.05, 4.69) is 0 Å². The Morgan fingerprint density at radius 3 is 2.13 bits per heavy atom. The van der Waals surface area contributed by atoms with Crippen molar-refractivity contribution >= 4 is 34.5 Å². The van der Waals surface area contributed by atoms with Gasteiger partial charge in [-0.15, -0.1) is 0 Å². The van der Waals surface area contributed by atoms with Crippen molar-refractivity contribution in [1.29, 1.82) is 0 Å². The van der Waals surface area contributed by atoms with Gasteiger partial charge in [0, 0.05) is 41.4 Å². The molecule has 1 N–H and O–H groups in total. The van der Waals surface area contributed by atoms with Crippen molar-refractivity contribution < 1.29 is 19.4 Å². The van der Waals surface area contributed by atoms with Crippen LogP contribution in [0.2, 0.25) is 0 Å². The standard InChI is InChI=1S/C31H26N2O4S/c1-32(2)30(34)22-10-8-21(9-11-22)20-33-28-19-27(15-12-23(28)18-29(33)31(35)36)38-26-16-13-25(14-17-26)37-24-6-4-3-5-7-24/h3-19H,20H2,1-2H3,(H,35,36). The van der Waals surface area contributed by atoms with E-state index in [1.54, 1.807) is 48.6 Å². The summed E-state index contributed by atoms with van der Waals surface area (Å²) >= 11 is 1.60. The van der Waals surface area contributed by atoms with Crippen LogP contribution in [0.3, 0.4) is 0 Å². The lowest BCUT2D eigenvalue weighted by Crippen LogP contribution is -2.21. The summed E-state index contributed by atoms with van der Waals surface area (Å²) in [5.41, 5.74) is 2.56. The number of nitrogens with zero attached hydrogens (tertiary/aromatic N) is 2. The largest absolute Gasteiger partial charge is 0.477 e. The Morgan fingerprint density at radius 1 is 0.816 bits per heavy atom. The third kappa shape index (κ3) is 5.58. The molecule has 0 bridgehead atoms. The number of carbonyl (C=O) groups is 2. The summed E-state index contributed by atoms with van der Waals surface area (Å²) in [5, 5.41) is 10.7.